The topological polar surface area (TPSA) is 38.1 Å². The minimum absolute atomic E-state index is 0.273. The zero-order valence-electron chi connectivity index (χ0n) is 9.64. The molecule has 0 aliphatic heterocycles. The predicted octanol–water partition coefficient (Wildman–Crippen LogP) is 2.77. The molecule has 4 heteroatoms. The van der Waals surface area contributed by atoms with Gasteiger partial charge in [-0.15, -0.1) is 11.8 Å². The second-order valence-corrected chi connectivity index (χ2v) is 5.33. The average Bonchev–Trinajstić information content (AvgIpc) is 2.17. The lowest BCUT2D eigenvalue weighted by Gasteiger charge is -2.08. The van der Waals surface area contributed by atoms with E-state index in [0.717, 1.165) is 10.9 Å². The number of hydrogen-bond acceptors (Lipinski definition) is 4. The molecule has 82 valence electrons. The van der Waals surface area contributed by atoms with E-state index in [4.69, 9.17) is 0 Å². The van der Waals surface area contributed by atoms with Crippen LogP contribution in [-0.2, 0) is 0 Å². The smallest absolute Gasteiger partial charge is 0.184 e. The summed E-state index contributed by atoms with van der Waals surface area (Å²) in [6.07, 6.45) is 3.50. The molecule has 0 bridgehead atoms. The van der Waals surface area contributed by atoms with Gasteiger partial charge in [-0.25, -0.2) is 9.97 Å². The molecule has 0 aliphatic rings. The zero-order valence-corrected chi connectivity index (χ0v) is 10.5. The molecule has 0 spiro atoms. The molecule has 1 aromatic heterocycles. The summed E-state index contributed by atoms with van der Waals surface area (Å²) in [6.45, 7) is 8.40. The first-order valence-electron chi connectivity index (χ1n) is 5.11. The van der Waals surface area contributed by atoms with E-state index in [0.29, 0.717) is 5.25 Å². The van der Waals surface area contributed by atoms with Crippen LogP contribution in [0.4, 0.5) is 0 Å². The molecule has 0 aromatic carbocycles. The highest BCUT2D eigenvalue weighted by Gasteiger charge is 2.09. The average molecular weight is 223 g/mol. The molecule has 1 heterocycles. The molecule has 0 fully saturated rings. The molecule has 0 amide bonds. The van der Waals surface area contributed by atoms with Crippen LogP contribution < -0.4 is 0 Å². The van der Waals surface area contributed by atoms with Crippen LogP contribution in [0.3, 0.4) is 0 Å². The first-order chi connectivity index (χ1) is 7.09. The van der Waals surface area contributed by atoms with Crippen molar-refractivity contribution in [2.24, 2.45) is 4.99 Å². The highest BCUT2D eigenvalue weighted by atomic mass is 32.2. The quantitative estimate of drug-likeness (QED) is 0.584. The summed E-state index contributed by atoms with van der Waals surface area (Å²) >= 11 is 1.71. The number of aliphatic imine (C=N–C) groups is 1. The van der Waals surface area contributed by atoms with Gasteiger partial charge in [0.15, 0.2) is 5.82 Å². The van der Waals surface area contributed by atoms with E-state index in [1.54, 1.807) is 24.2 Å². The Bertz CT molecular complexity index is 320. The van der Waals surface area contributed by atoms with Crippen molar-refractivity contribution >= 4 is 16.8 Å². The normalized spacial score (nSPS) is 12.5. The highest BCUT2D eigenvalue weighted by Crippen LogP contribution is 2.16. The van der Waals surface area contributed by atoms with Crippen molar-refractivity contribution < 1.29 is 0 Å². The number of nitrogens with zero attached hydrogens (tertiary/aromatic N) is 3. The fourth-order valence-corrected chi connectivity index (χ4v) is 1.94. The lowest BCUT2D eigenvalue weighted by Crippen LogP contribution is -2.08. The standard InChI is InChI=1S/C11H17N3S/c1-8(2)14-11(15-9(3)4)10-12-6-5-7-13-10/h5-9H,1-4H3/b14-11-. The fourth-order valence-electron chi connectivity index (χ4n) is 1.01. The zero-order chi connectivity index (χ0) is 11.3. The van der Waals surface area contributed by atoms with Crippen LogP contribution in [0, 0.1) is 0 Å². The van der Waals surface area contributed by atoms with Gasteiger partial charge in [0, 0.05) is 23.7 Å². The molecule has 0 aliphatic carbocycles. The van der Waals surface area contributed by atoms with Crippen LogP contribution in [0.25, 0.3) is 0 Å². The predicted molar refractivity (Wildman–Crippen MR) is 66.4 cm³/mol. The maximum Gasteiger partial charge on any atom is 0.184 e. The highest BCUT2D eigenvalue weighted by molar-refractivity contribution is 8.14. The minimum atomic E-state index is 0.273. The molecule has 0 radical (unpaired) electrons. The number of rotatable bonds is 3. The van der Waals surface area contributed by atoms with Crippen molar-refractivity contribution in [1.29, 1.82) is 0 Å². The number of aromatic nitrogens is 2. The summed E-state index contributed by atoms with van der Waals surface area (Å²) in [5.74, 6) is 0.727. The van der Waals surface area contributed by atoms with Gasteiger partial charge in [-0.3, -0.25) is 4.99 Å². The second kappa shape index (κ2) is 5.85. The monoisotopic (exact) mass is 223 g/mol. The molecular formula is C11H17N3S. The molecule has 1 rings (SSSR count). The van der Waals surface area contributed by atoms with Crippen molar-refractivity contribution in [1.82, 2.24) is 9.97 Å². The van der Waals surface area contributed by atoms with Gasteiger partial charge < -0.3 is 0 Å². The summed E-state index contributed by atoms with van der Waals surface area (Å²) in [4.78, 5) is 13.0. The first kappa shape index (κ1) is 12.2. The molecule has 0 N–H and O–H groups in total. The van der Waals surface area contributed by atoms with Gasteiger partial charge in [0.25, 0.3) is 0 Å². The Morgan fingerprint density at radius 1 is 1.20 bits per heavy atom. The van der Waals surface area contributed by atoms with Crippen LogP contribution in [0.5, 0.6) is 0 Å². The molecule has 0 atom stereocenters. The molecule has 1 aromatic rings. The largest absolute Gasteiger partial charge is 0.272 e. The Morgan fingerprint density at radius 3 is 2.27 bits per heavy atom. The number of hydrogen-bond donors (Lipinski definition) is 0. The third-order valence-corrected chi connectivity index (χ3v) is 2.46. The van der Waals surface area contributed by atoms with Gasteiger partial charge in [-0.2, -0.15) is 0 Å². The Labute approximate surface area is 95.4 Å². The van der Waals surface area contributed by atoms with Crippen molar-refractivity contribution in [3.63, 3.8) is 0 Å². The van der Waals surface area contributed by atoms with E-state index < -0.39 is 0 Å². The van der Waals surface area contributed by atoms with E-state index in [-0.39, 0.29) is 6.04 Å². The molecule has 15 heavy (non-hydrogen) atoms. The molecule has 0 saturated heterocycles. The van der Waals surface area contributed by atoms with E-state index in [2.05, 4.69) is 42.7 Å². The van der Waals surface area contributed by atoms with Crippen LogP contribution in [0.15, 0.2) is 23.5 Å². The summed E-state index contributed by atoms with van der Waals surface area (Å²) in [5.41, 5.74) is 0. The van der Waals surface area contributed by atoms with Gasteiger partial charge in [0.2, 0.25) is 0 Å². The third-order valence-electron chi connectivity index (χ3n) is 1.48. The maximum absolute atomic E-state index is 4.54. The molecule has 0 saturated carbocycles. The van der Waals surface area contributed by atoms with E-state index in [1.807, 2.05) is 6.07 Å². The lowest BCUT2D eigenvalue weighted by molar-refractivity contribution is 0.837. The molecule has 3 nitrogen and oxygen atoms in total. The summed E-state index contributed by atoms with van der Waals surface area (Å²) in [7, 11) is 0. The summed E-state index contributed by atoms with van der Waals surface area (Å²) in [5, 5.41) is 1.42. The lowest BCUT2D eigenvalue weighted by atomic mass is 10.4. The van der Waals surface area contributed by atoms with Crippen LogP contribution in [0.1, 0.15) is 33.5 Å². The van der Waals surface area contributed by atoms with Gasteiger partial charge in [0.05, 0.1) is 0 Å². The molecule has 0 unspecified atom stereocenters. The van der Waals surface area contributed by atoms with E-state index in [1.165, 1.54) is 0 Å². The van der Waals surface area contributed by atoms with Gasteiger partial charge in [-0.05, 0) is 19.9 Å². The van der Waals surface area contributed by atoms with Crippen LogP contribution >= 0.6 is 11.8 Å². The SMILES string of the molecule is CC(C)/N=C(\SC(C)C)c1ncccn1. The van der Waals surface area contributed by atoms with Crippen molar-refractivity contribution in [2.75, 3.05) is 0 Å². The number of thioether (sulfide) groups is 1. The van der Waals surface area contributed by atoms with Crippen molar-refractivity contribution in [2.45, 2.75) is 39.0 Å². The van der Waals surface area contributed by atoms with Gasteiger partial charge in [-0.1, -0.05) is 13.8 Å². The summed E-state index contributed by atoms with van der Waals surface area (Å²) in [6, 6.07) is 2.09. The Kier molecular flexibility index (Phi) is 4.75. The Hall–Kier alpha value is -0.900. The minimum Gasteiger partial charge on any atom is -0.272 e. The summed E-state index contributed by atoms with van der Waals surface area (Å²) < 4.78 is 0. The van der Waals surface area contributed by atoms with E-state index in [9.17, 15) is 0 Å². The second-order valence-electron chi connectivity index (χ2n) is 3.77. The molecular weight excluding hydrogens is 206 g/mol. The first-order valence-corrected chi connectivity index (χ1v) is 5.99. The third kappa shape index (κ3) is 4.42. The van der Waals surface area contributed by atoms with Crippen molar-refractivity contribution in [3.8, 4) is 0 Å². The Balaban J connectivity index is 2.92. The fraction of sp³-hybridized carbons (Fsp3) is 0.545. The Morgan fingerprint density at radius 2 is 1.80 bits per heavy atom. The van der Waals surface area contributed by atoms with Crippen LogP contribution in [-0.4, -0.2) is 26.3 Å². The van der Waals surface area contributed by atoms with Crippen LogP contribution in [0.2, 0.25) is 0 Å². The van der Waals surface area contributed by atoms with Crippen molar-refractivity contribution in [3.05, 3.63) is 24.3 Å². The maximum atomic E-state index is 4.54. The van der Waals surface area contributed by atoms with Gasteiger partial charge >= 0.3 is 0 Å². The van der Waals surface area contributed by atoms with Gasteiger partial charge in [0.1, 0.15) is 5.04 Å². The van der Waals surface area contributed by atoms with E-state index >= 15 is 0 Å².